The van der Waals surface area contributed by atoms with Gasteiger partial charge in [0, 0.05) is 55.4 Å². The molecule has 39 heavy (non-hydrogen) atoms. The van der Waals surface area contributed by atoms with E-state index in [9.17, 15) is 9.90 Å². The Labute approximate surface area is 236 Å². The quantitative estimate of drug-likeness (QED) is 0.359. The molecule has 1 N–H and O–H groups in total. The van der Waals surface area contributed by atoms with Crippen molar-refractivity contribution < 1.29 is 9.90 Å². The minimum Gasteiger partial charge on any atom is -0.480 e. The van der Waals surface area contributed by atoms with E-state index in [1.807, 2.05) is 23.7 Å². The van der Waals surface area contributed by atoms with Crippen molar-refractivity contribution in [1.29, 1.82) is 0 Å². The minimum absolute atomic E-state index is 0.340. The molecule has 0 radical (unpaired) electrons. The second-order valence-corrected chi connectivity index (χ2v) is 13.2. The highest BCUT2D eigenvalue weighted by atomic mass is 32.1. The molecule has 206 valence electrons. The lowest BCUT2D eigenvalue weighted by molar-refractivity contribution is -0.143. The van der Waals surface area contributed by atoms with Crippen LogP contribution in [-0.2, 0) is 11.2 Å². The van der Waals surface area contributed by atoms with E-state index in [-0.39, 0.29) is 6.04 Å². The highest BCUT2D eigenvalue weighted by Crippen LogP contribution is 2.40. The predicted octanol–water partition coefficient (Wildman–Crippen LogP) is 5.59. The van der Waals surface area contributed by atoms with Crippen LogP contribution in [-0.4, -0.2) is 69.6 Å². The van der Waals surface area contributed by atoms with Crippen LogP contribution in [0.4, 0.5) is 0 Å². The van der Waals surface area contributed by atoms with Gasteiger partial charge < -0.3 is 10.0 Å². The van der Waals surface area contributed by atoms with Gasteiger partial charge in [-0.2, -0.15) is 0 Å². The fourth-order valence-corrected chi connectivity index (χ4v) is 7.82. The number of pyridine rings is 1. The van der Waals surface area contributed by atoms with E-state index >= 15 is 0 Å². The summed E-state index contributed by atoms with van der Waals surface area (Å²) in [6.07, 6.45) is 12.2. The van der Waals surface area contributed by atoms with Crippen molar-refractivity contribution in [1.82, 2.24) is 19.8 Å². The molecule has 6 rings (SSSR count). The number of piperidine rings is 1. The number of benzene rings is 1. The molecular formula is C32H40N4O2S. The summed E-state index contributed by atoms with van der Waals surface area (Å²) in [5.74, 6) is 1.41. The fourth-order valence-electron chi connectivity index (χ4n) is 6.70. The van der Waals surface area contributed by atoms with Gasteiger partial charge in [-0.05, 0) is 80.3 Å². The first-order valence-electron chi connectivity index (χ1n) is 14.6. The second-order valence-electron chi connectivity index (χ2n) is 12.0. The Bertz CT molecular complexity index is 1250. The molecule has 3 aliphatic rings. The van der Waals surface area contributed by atoms with Crippen LogP contribution in [0.1, 0.15) is 70.5 Å². The molecule has 2 aromatic heterocycles. The highest BCUT2D eigenvalue weighted by molar-refractivity contribution is 7.11. The molecule has 3 unspecified atom stereocenters. The Hall–Kier alpha value is -2.61. The van der Waals surface area contributed by atoms with Crippen molar-refractivity contribution >= 4 is 17.3 Å². The molecule has 7 heteroatoms. The van der Waals surface area contributed by atoms with Gasteiger partial charge in [0.15, 0.2) is 0 Å². The molecule has 6 nitrogen and oxygen atoms in total. The molecule has 3 fully saturated rings. The van der Waals surface area contributed by atoms with Crippen LogP contribution >= 0.6 is 11.3 Å². The molecule has 2 aliphatic heterocycles. The minimum atomic E-state index is -0.640. The smallest absolute Gasteiger partial charge is 0.320 e. The summed E-state index contributed by atoms with van der Waals surface area (Å²) in [7, 11) is 0. The van der Waals surface area contributed by atoms with Crippen LogP contribution in [0.25, 0.3) is 0 Å². The second kappa shape index (κ2) is 11.9. The monoisotopic (exact) mass is 544 g/mol. The third-order valence-corrected chi connectivity index (χ3v) is 10.2. The zero-order chi connectivity index (χ0) is 26.8. The van der Waals surface area contributed by atoms with Crippen molar-refractivity contribution in [3.05, 3.63) is 81.6 Å². The van der Waals surface area contributed by atoms with Gasteiger partial charge in [0.25, 0.3) is 0 Å². The lowest BCUT2D eigenvalue weighted by atomic mass is 9.87. The van der Waals surface area contributed by atoms with Crippen LogP contribution in [0.3, 0.4) is 0 Å². The number of carboxylic acids is 1. The summed E-state index contributed by atoms with van der Waals surface area (Å²) in [4.78, 5) is 27.5. The Balaban J connectivity index is 1.09. The third-order valence-electron chi connectivity index (χ3n) is 9.08. The third kappa shape index (κ3) is 6.59. The van der Waals surface area contributed by atoms with Crippen molar-refractivity contribution in [2.24, 2.45) is 11.8 Å². The van der Waals surface area contributed by atoms with Gasteiger partial charge in [0.05, 0.1) is 5.01 Å². The number of likely N-dealkylation sites (tertiary alicyclic amines) is 2. The number of aryl methyl sites for hydroxylation is 1. The molecule has 0 amide bonds. The highest BCUT2D eigenvalue weighted by Gasteiger charge is 2.42. The first-order valence-corrected chi connectivity index (χ1v) is 15.4. The summed E-state index contributed by atoms with van der Waals surface area (Å²) in [6, 6.07) is 12.7. The summed E-state index contributed by atoms with van der Waals surface area (Å²) in [5, 5.41) is 11.3. The van der Waals surface area contributed by atoms with Gasteiger partial charge >= 0.3 is 5.97 Å². The van der Waals surface area contributed by atoms with Gasteiger partial charge in [-0.1, -0.05) is 42.7 Å². The maximum atomic E-state index is 12.3. The zero-order valence-electron chi connectivity index (χ0n) is 22.9. The van der Waals surface area contributed by atoms with Crippen LogP contribution in [0, 0.1) is 18.8 Å². The van der Waals surface area contributed by atoms with Crippen LogP contribution < -0.4 is 0 Å². The van der Waals surface area contributed by atoms with Crippen LogP contribution in [0.2, 0.25) is 0 Å². The molecule has 3 atom stereocenters. The Kier molecular flexibility index (Phi) is 8.09. The Morgan fingerprint density at radius 2 is 1.90 bits per heavy atom. The average molecular weight is 545 g/mol. The number of hydrogen-bond acceptors (Lipinski definition) is 6. The van der Waals surface area contributed by atoms with Crippen molar-refractivity contribution in [2.75, 3.05) is 32.7 Å². The lowest BCUT2D eigenvalue weighted by Crippen LogP contribution is -2.41. The summed E-state index contributed by atoms with van der Waals surface area (Å²) in [6.45, 7) is 7.15. The topological polar surface area (TPSA) is 69.6 Å². The first kappa shape index (κ1) is 26.6. The van der Waals surface area contributed by atoms with E-state index in [0.29, 0.717) is 23.7 Å². The van der Waals surface area contributed by atoms with Gasteiger partial charge in [-0.3, -0.25) is 14.7 Å². The number of thiazole rings is 1. The van der Waals surface area contributed by atoms with E-state index in [2.05, 4.69) is 64.3 Å². The molecule has 1 aliphatic carbocycles. The molecule has 3 aromatic rings. The summed E-state index contributed by atoms with van der Waals surface area (Å²) < 4.78 is 0. The maximum Gasteiger partial charge on any atom is 0.320 e. The van der Waals surface area contributed by atoms with E-state index in [1.54, 1.807) is 0 Å². The Morgan fingerprint density at radius 1 is 1.10 bits per heavy atom. The molecular weight excluding hydrogens is 504 g/mol. The van der Waals surface area contributed by atoms with E-state index in [4.69, 9.17) is 4.98 Å². The van der Waals surface area contributed by atoms with E-state index in [1.165, 1.54) is 52.3 Å². The van der Waals surface area contributed by atoms with E-state index < -0.39 is 5.97 Å². The average Bonchev–Trinajstić information content (AvgIpc) is 3.49. The Morgan fingerprint density at radius 3 is 2.62 bits per heavy atom. The molecule has 0 spiro atoms. The number of aliphatic carboxylic acids is 1. The molecule has 2 saturated heterocycles. The summed E-state index contributed by atoms with van der Waals surface area (Å²) in [5.41, 5.74) is 3.92. The first-order chi connectivity index (χ1) is 19.0. The molecule has 1 saturated carbocycles. The van der Waals surface area contributed by atoms with E-state index in [0.717, 1.165) is 45.6 Å². The lowest BCUT2D eigenvalue weighted by Gasteiger charge is -2.34. The van der Waals surface area contributed by atoms with Crippen molar-refractivity contribution in [3.63, 3.8) is 0 Å². The van der Waals surface area contributed by atoms with Crippen LogP contribution in [0.15, 0.2) is 55.0 Å². The number of rotatable bonds is 10. The number of aromatic nitrogens is 2. The SMILES string of the molecule is Cc1cccc(C2CN(C(CC3CC3)C(=O)O)CC2CN2CCC(c3cnc(Cc4ccncc4)s3)CC2)c1. The van der Waals surface area contributed by atoms with Gasteiger partial charge in [-0.25, -0.2) is 4.98 Å². The predicted molar refractivity (Wildman–Crippen MR) is 155 cm³/mol. The number of carbonyl (C=O) groups is 1. The maximum absolute atomic E-state index is 12.3. The van der Waals surface area contributed by atoms with Crippen molar-refractivity contribution in [3.8, 4) is 0 Å². The van der Waals surface area contributed by atoms with Crippen molar-refractivity contribution in [2.45, 2.75) is 63.3 Å². The standard InChI is InChI=1S/C32H40N4O2S/c1-22-3-2-4-26(15-22)28-21-36(29(32(37)38)16-23-5-6-23)20-27(28)19-35-13-9-25(10-14-35)30-18-34-31(39-30)17-24-7-11-33-12-8-24/h2-4,7-8,11-12,15,18,23,25,27-29H,5-6,9-10,13-14,16-17,19-21H2,1H3,(H,37,38). The van der Waals surface area contributed by atoms with Gasteiger partial charge in [0.2, 0.25) is 0 Å². The zero-order valence-corrected chi connectivity index (χ0v) is 23.7. The fraction of sp³-hybridized carbons (Fsp3) is 0.531. The van der Waals surface area contributed by atoms with Gasteiger partial charge in [-0.15, -0.1) is 11.3 Å². The number of hydrogen-bond donors (Lipinski definition) is 1. The normalized spacial score (nSPS) is 23.7. The van der Waals surface area contributed by atoms with Crippen LogP contribution in [0.5, 0.6) is 0 Å². The molecule has 1 aromatic carbocycles. The number of carboxylic acid groups (broad SMARTS) is 1. The molecule has 4 heterocycles. The largest absolute Gasteiger partial charge is 0.480 e. The van der Waals surface area contributed by atoms with Gasteiger partial charge in [0.1, 0.15) is 6.04 Å². The number of nitrogens with zero attached hydrogens (tertiary/aromatic N) is 4. The summed E-state index contributed by atoms with van der Waals surface area (Å²) >= 11 is 1.87. The molecule has 0 bridgehead atoms.